The van der Waals surface area contributed by atoms with Gasteiger partial charge in [0.25, 0.3) is 5.91 Å². The van der Waals surface area contributed by atoms with E-state index >= 15 is 0 Å². The molecule has 0 atom stereocenters. The van der Waals surface area contributed by atoms with Gasteiger partial charge in [0.2, 0.25) is 0 Å². The Morgan fingerprint density at radius 1 is 1.00 bits per heavy atom. The van der Waals surface area contributed by atoms with Crippen LogP contribution in [0.25, 0.3) is 0 Å². The molecule has 5 nitrogen and oxygen atoms in total. The molecule has 2 heterocycles. The summed E-state index contributed by atoms with van der Waals surface area (Å²) >= 11 is 3.45. The SMILES string of the molecule is O=C(Nc1ccnn1Cc1ccc(Br)cc1)c1cccc(CN2CCCC2)c1. The van der Waals surface area contributed by atoms with Gasteiger partial charge in [-0.25, -0.2) is 4.68 Å². The largest absolute Gasteiger partial charge is 0.307 e. The van der Waals surface area contributed by atoms with Crippen molar-refractivity contribution in [1.29, 1.82) is 0 Å². The average molecular weight is 439 g/mol. The van der Waals surface area contributed by atoms with Crippen molar-refractivity contribution >= 4 is 27.7 Å². The third-order valence-electron chi connectivity index (χ3n) is 5.00. The molecule has 0 bridgehead atoms. The topological polar surface area (TPSA) is 50.2 Å². The molecule has 1 saturated heterocycles. The molecule has 1 aliphatic heterocycles. The minimum Gasteiger partial charge on any atom is -0.307 e. The first-order valence-electron chi connectivity index (χ1n) is 9.56. The van der Waals surface area contributed by atoms with Crippen LogP contribution < -0.4 is 5.32 Å². The van der Waals surface area contributed by atoms with E-state index in [0.717, 1.165) is 29.7 Å². The van der Waals surface area contributed by atoms with E-state index in [1.165, 1.54) is 18.4 Å². The van der Waals surface area contributed by atoms with E-state index in [-0.39, 0.29) is 5.91 Å². The Hall–Kier alpha value is -2.44. The fourth-order valence-corrected chi connectivity index (χ4v) is 3.79. The maximum Gasteiger partial charge on any atom is 0.256 e. The molecular formula is C22H23BrN4O. The summed E-state index contributed by atoms with van der Waals surface area (Å²) in [6.07, 6.45) is 4.24. The standard InChI is InChI=1S/C22H23BrN4O/c23-20-8-6-17(7-9-20)16-27-21(10-11-24-27)25-22(28)19-5-3-4-18(14-19)15-26-12-1-2-13-26/h3-11,14H,1-2,12-13,15-16H2,(H,25,28). The monoisotopic (exact) mass is 438 g/mol. The number of nitrogens with one attached hydrogen (secondary N) is 1. The van der Waals surface area contributed by atoms with E-state index < -0.39 is 0 Å². The van der Waals surface area contributed by atoms with Gasteiger partial charge in [-0.1, -0.05) is 40.2 Å². The second kappa shape index (κ2) is 8.71. The summed E-state index contributed by atoms with van der Waals surface area (Å²) < 4.78 is 2.84. The molecule has 0 unspecified atom stereocenters. The van der Waals surface area contributed by atoms with Crippen LogP contribution in [0.3, 0.4) is 0 Å². The number of hydrogen-bond acceptors (Lipinski definition) is 3. The third kappa shape index (κ3) is 4.69. The molecule has 1 aromatic heterocycles. The number of nitrogens with zero attached hydrogens (tertiary/aromatic N) is 3. The van der Waals surface area contributed by atoms with Crippen molar-refractivity contribution in [3.8, 4) is 0 Å². The molecule has 2 aromatic carbocycles. The average Bonchev–Trinajstić information content (AvgIpc) is 3.36. The number of benzene rings is 2. The first-order chi connectivity index (χ1) is 13.7. The Morgan fingerprint density at radius 3 is 2.57 bits per heavy atom. The summed E-state index contributed by atoms with van der Waals surface area (Å²) in [5.41, 5.74) is 2.97. The zero-order valence-corrected chi connectivity index (χ0v) is 17.2. The van der Waals surface area contributed by atoms with Crippen LogP contribution in [0.5, 0.6) is 0 Å². The Bertz CT molecular complexity index is 945. The van der Waals surface area contributed by atoms with Gasteiger partial charge in [-0.15, -0.1) is 0 Å². The fourth-order valence-electron chi connectivity index (χ4n) is 3.53. The van der Waals surface area contributed by atoms with Crippen molar-refractivity contribution in [3.63, 3.8) is 0 Å². The smallest absolute Gasteiger partial charge is 0.256 e. The minimum absolute atomic E-state index is 0.110. The molecule has 4 rings (SSSR count). The molecule has 0 spiro atoms. The molecule has 0 radical (unpaired) electrons. The number of halogens is 1. The van der Waals surface area contributed by atoms with Gasteiger partial charge in [-0.05, 0) is 61.3 Å². The number of amides is 1. The van der Waals surface area contributed by atoms with E-state index in [4.69, 9.17) is 0 Å². The Kier molecular flexibility index (Phi) is 5.88. The van der Waals surface area contributed by atoms with Crippen LogP contribution in [-0.2, 0) is 13.1 Å². The number of aromatic nitrogens is 2. The lowest BCUT2D eigenvalue weighted by Gasteiger charge is -2.15. The van der Waals surface area contributed by atoms with Gasteiger partial charge in [0.15, 0.2) is 0 Å². The van der Waals surface area contributed by atoms with Gasteiger partial charge >= 0.3 is 0 Å². The summed E-state index contributed by atoms with van der Waals surface area (Å²) in [6.45, 7) is 3.80. The lowest BCUT2D eigenvalue weighted by molar-refractivity contribution is 0.102. The van der Waals surface area contributed by atoms with Crippen molar-refractivity contribution in [3.05, 3.63) is 82.0 Å². The highest BCUT2D eigenvalue weighted by atomic mass is 79.9. The summed E-state index contributed by atoms with van der Waals surface area (Å²) in [5.74, 6) is 0.582. The van der Waals surface area contributed by atoms with Crippen molar-refractivity contribution < 1.29 is 4.79 Å². The maximum atomic E-state index is 12.8. The summed E-state index contributed by atoms with van der Waals surface area (Å²) in [4.78, 5) is 15.2. The van der Waals surface area contributed by atoms with Crippen molar-refractivity contribution in [2.45, 2.75) is 25.9 Å². The molecule has 1 N–H and O–H groups in total. The molecule has 0 aliphatic carbocycles. The van der Waals surface area contributed by atoms with E-state index in [1.807, 2.05) is 48.5 Å². The number of carbonyl (C=O) groups excluding carboxylic acids is 1. The molecule has 0 saturated carbocycles. The van der Waals surface area contributed by atoms with E-state index in [2.05, 4.69) is 37.3 Å². The van der Waals surface area contributed by atoms with Crippen LogP contribution in [0, 0.1) is 0 Å². The molecule has 1 fully saturated rings. The molecule has 144 valence electrons. The van der Waals surface area contributed by atoms with Crippen LogP contribution in [0.1, 0.15) is 34.3 Å². The fraction of sp³-hybridized carbons (Fsp3) is 0.273. The summed E-state index contributed by atoms with van der Waals surface area (Å²) in [6, 6.07) is 17.8. The van der Waals surface area contributed by atoms with Gasteiger partial charge in [0, 0.05) is 22.6 Å². The highest BCUT2D eigenvalue weighted by molar-refractivity contribution is 9.10. The zero-order chi connectivity index (χ0) is 19.3. The van der Waals surface area contributed by atoms with Crippen LogP contribution in [0.15, 0.2) is 65.3 Å². The highest BCUT2D eigenvalue weighted by Crippen LogP contribution is 2.17. The first-order valence-corrected chi connectivity index (χ1v) is 10.4. The molecular weight excluding hydrogens is 416 g/mol. The van der Waals surface area contributed by atoms with E-state index in [9.17, 15) is 4.79 Å². The third-order valence-corrected chi connectivity index (χ3v) is 5.53. The number of carbonyl (C=O) groups is 1. The van der Waals surface area contributed by atoms with Gasteiger partial charge in [0.05, 0.1) is 12.7 Å². The second-order valence-electron chi connectivity index (χ2n) is 7.14. The van der Waals surface area contributed by atoms with Crippen LogP contribution in [0.4, 0.5) is 5.82 Å². The predicted octanol–water partition coefficient (Wildman–Crippen LogP) is 4.54. The van der Waals surface area contributed by atoms with Crippen molar-refractivity contribution in [2.75, 3.05) is 18.4 Å². The van der Waals surface area contributed by atoms with Crippen LogP contribution in [0.2, 0.25) is 0 Å². The molecule has 1 aliphatic rings. The number of likely N-dealkylation sites (tertiary alicyclic amines) is 1. The van der Waals surface area contributed by atoms with E-state index in [1.54, 1.807) is 10.9 Å². The van der Waals surface area contributed by atoms with Crippen LogP contribution in [-0.4, -0.2) is 33.7 Å². The first kappa shape index (κ1) is 18.9. The minimum atomic E-state index is -0.110. The zero-order valence-electron chi connectivity index (χ0n) is 15.6. The predicted molar refractivity (Wildman–Crippen MR) is 114 cm³/mol. The molecule has 3 aromatic rings. The van der Waals surface area contributed by atoms with Gasteiger partial charge in [0.1, 0.15) is 5.82 Å². The lowest BCUT2D eigenvalue weighted by atomic mass is 10.1. The number of anilines is 1. The molecule has 1 amide bonds. The Morgan fingerprint density at radius 2 is 1.79 bits per heavy atom. The summed E-state index contributed by atoms with van der Waals surface area (Å²) in [5, 5.41) is 7.35. The Labute approximate surface area is 173 Å². The van der Waals surface area contributed by atoms with Crippen molar-refractivity contribution in [2.24, 2.45) is 0 Å². The number of rotatable bonds is 6. The molecule has 28 heavy (non-hydrogen) atoms. The van der Waals surface area contributed by atoms with Gasteiger partial charge < -0.3 is 5.32 Å². The lowest BCUT2D eigenvalue weighted by Crippen LogP contribution is -2.19. The number of hydrogen-bond donors (Lipinski definition) is 1. The van der Waals surface area contributed by atoms with Gasteiger partial charge in [-0.3, -0.25) is 9.69 Å². The quantitative estimate of drug-likeness (QED) is 0.614. The maximum absolute atomic E-state index is 12.8. The van der Waals surface area contributed by atoms with Crippen molar-refractivity contribution in [1.82, 2.24) is 14.7 Å². The Balaban J connectivity index is 1.44. The van der Waals surface area contributed by atoms with Gasteiger partial charge in [-0.2, -0.15) is 5.10 Å². The van der Waals surface area contributed by atoms with Crippen LogP contribution >= 0.6 is 15.9 Å². The highest BCUT2D eigenvalue weighted by Gasteiger charge is 2.14. The summed E-state index contributed by atoms with van der Waals surface area (Å²) in [7, 11) is 0. The normalized spacial score (nSPS) is 14.3. The second-order valence-corrected chi connectivity index (χ2v) is 8.05. The van der Waals surface area contributed by atoms with E-state index in [0.29, 0.717) is 17.9 Å². The molecule has 6 heteroatoms.